The van der Waals surface area contributed by atoms with Crippen LogP contribution < -0.4 is 10.6 Å². The van der Waals surface area contributed by atoms with Crippen LogP contribution in [0.5, 0.6) is 0 Å². The molecule has 1 aliphatic carbocycles. The number of nitrogens with one attached hydrogen (secondary N) is 2. The first-order valence-electron chi connectivity index (χ1n) is 8.30. The fourth-order valence-corrected chi connectivity index (χ4v) is 3.63. The van der Waals surface area contributed by atoms with Gasteiger partial charge in [-0.15, -0.1) is 12.4 Å². The van der Waals surface area contributed by atoms with Gasteiger partial charge < -0.3 is 10.6 Å². The van der Waals surface area contributed by atoms with Crippen molar-refractivity contribution in [1.29, 1.82) is 0 Å². The van der Waals surface area contributed by atoms with E-state index >= 15 is 0 Å². The summed E-state index contributed by atoms with van der Waals surface area (Å²) in [6.07, 6.45) is 11.2. The highest BCUT2D eigenvalue weighted by Crippen LogP contribution is 2.30. The van der Waals surface area contributed by atoms with Crippen molar-refractivity contribution < 1.29 is 4.79 Å². The van der Waals surface area contributed by atoms with E-state index in [1.807, 2.05) is 0 Å². The van der Waals surface area contributed by atoms with Crippen LogP contribution in [0.25, 0.3) is 0 Å². The first-order chi connectivity index (χ1) is 9.29. The van der Waals surface area contributed by atoms with Gasteiger partial charge in [-0.3, -0.25) is 4.79 Å². The van der Waals surface area contributed by atoms with Crippen molar-refractivity contribution in [3.05, 3.63) is 0 Å². The van der Waals surface area contributed by atoms with Crippen molar-refractivity contribution in [2.45, 2.75) is 70.8 Å². The normalized spacial score (nSPS) is 24.9. The Morgan fingerprint density at radius 3 is 2.60 bits per heavy atom. The fraction of sp³-hybridized carbons (Fsp3) is 0.938. The van der Waals surface area contributed by atoms with E-state index in [0.29, 0.717) is 11.9 Å². The molecule has 20 heavy (non-hydrogen) atoms. The molecule has 0 radical (unpaired) electrons. The molecular weight excluding hydrogens is 272 g/mol. The molecule has 1 amide bonds. The molecule has 1 saturated heterocycles. The minimum atomic E-state index is 0. The van der Waals surface area contributed by atoms with Gasteiger partial charge in [0.1, 0.15) is 0 Å². The predicted molar refractivity (Wildman–Crippen MR) is 86.3 cm³/mol. The van der Waals surface area contributed by atoms with E-state index in [4.69, 9.17) is 0 Å². The largest absolute Gasteiger partial charge is 0.352 e. The zero-order chi connectivity index (χ0) is 13.5. The van der Waals surface area contributed by atoms with Crippen LogP contribution in [0.4, 0.5) is 0 Å². The van der Waals surface area contributed by atoms with E-state index in [2.05, 4.69) is 17.6 Å². The highest BCUT2D eigenvalue weighted by Gasteiger charge is 2.26. The van der Waals surface area contributed by atoms with Crippen LogP contribution in [0.15, 0.2) is 0 Å². The first kappa shape index (κ1) is 17.8. The van der Waals surface area contributed by atoms with E-state index < -0.39 is 0 Å². The third-order valence-corrected chi connectivity index (χ3v) is 4.76. The predicted octanol–water partition coefficient (Wildman–Crippen LogP) is 3.27. The van der Waals surface area contributed by atoms with Crippen molar-refractivity contribution >= 4 is 18.3 Å². The quantitative estimate of drug-likeness (QED) is 0.790. The molecule has 1 saturated carbocycles. The summed E-state index contributed by atoms with van der Waals surface area (Å²) in [6, 6.07) is 0.373. The van der Waals surface area contributed by atoms with Crippen molar-refractivity contribution in [2.75, 3.05) is 13.1 Å². The van der Waals surface area contributed by atoms with Crippen LogP contribution in [-0.4, -0.2) is 25.0 Å². The standard InChI is InChI=1S/C16H30N2O.ClH/c1-2-6-14(11-13-7-4-3-5-8-13)16(19)18-15-9-10-17-12-15;/h13-15,17H,2-12H2,1H3,(H,18,19);1H. The summed E-state index contributed by atoms with van der Waals surface area (Å²) in [5.41, 5.74) is 0. The Hall–Kier alpha value is -0.280. The van der Waals surface area contributed by atoms with Gasteiger partial charge in [-0.25, -0.2) is 0 Å². The van der Waals surface area contributed by atoms with E-state index in [1.165, 1.54) is 32.1 Å². The lowest BCUT2D eigenvalue weighted by molar-refractivity contribution is -0.126. The van der Waals surface area contributed by atoms with Crippen LogP contribution in [0.1, 0.15) is 64.7 Å². The highest BCUT2D eigenvalue weighted by atomic mass is 35.5. The number of carbonyl (C=O) groups excluding carboxylic acids is 1. The smallest absolute Gasteiger partial charge is 0.223 e. The molecule has 3 nitrogen and oxygen atoms in total. The number of hydrogen-bond acceptors (Lipinski definition) is 2. The Kier molecular flexibility index (Phi) is 8.55. The number of amides is 1. The maximum absolute atomic E-state index is 12.4. The van der Waals surface area contributed by atoms with Crippen molar-refractivity contribution in [3.63, 3.8) is 0 Å². The molecule has 0 aromatic carbocycles. The fourth-order valence-electron chi connectivity index (χ4n) is 3.63. The molecule has 2 unspecified atom stereocenters. The maximum Gasteiger partial charge on any atom is 0.223 e. The van der Waals surface area contributed by atoms with Crippen LogP contribution in [0.3, 0.4) is 0 Å². The molecule has 2 rings (SSSR count). The van der Waals surface area contributed by atoms with Gasteiger partial charge in [0, 0.05) is 18.5 Å². The van der Waals surface area contributed by atoms with E-state index in [-0.39, 0.29) is 18.3 Å². The summed E-state index contributed by atoms with van der Waals surface area (Å²) in [5, 5.41) is 6.57. The SMILES string of the molecule is CCCC(CC1CCCCC1)C(=O)NC1CCNC1.Cl. The number of hydrogen-bond donors (Lipinski definition) is 2. The third kappa shape index (κ3) is 5.61. The lowest BCUT2D eigenvalue weighted by atomic mass is 9.81. The topological polar surface area (TPSA) is 41.1 Å². The molecule has 4 heteroatoms. The second kappa shape index (κ2) is 9.62. The Balaban J connectivity index is 0.00000200. The van der Waals surface area contributed by atoms with Gasteiger partial charge in [0.25, 0.3) is 0 Å². The average molecular weight is 303 g/mol. The molecule has 0 aromatic rings. The second-order valence-electron chi connectivity index (χ2n) is 6.42. The summed E-state index contributed by atoms with van der Waals surface area (Å²) in [7, 11) is 0. The van der Waals surface area contributed by atoms with Gasteiger partial charge in [0.05, 0.1) is 0 Å². The molecule has 0 bridgehead atoms. The molecule has 118 valence electrons. The van der Waals surface area contributed by atoms with Crippen molar-refractivity contribution in [3.8, 4) is 0 Å². The monoisotopic (exact) mass is 302 g/mol. The van der Waals surface area contributed by atoms with Gasteiger partial charge in [-0.05, 0) is 31.7 Å². The van der Waals surface area contributed by atoms with E-state index in [0.717, 1.165) is 44.7 Å². The zero-order valence-electron chi connectivity index (χ0n) is 12.8. The number of halogens is 1. The molecule has 1 aliphatic heterocycles. The molecule has 2 atom stereocenters. The van der Waals surface area contributed by atoms with Crippen molar-refractivity contribution in [1.82, 2.24) is 10.6 Å². The van der Waals surface area contributed by atoms with Gasteiger partial charge in [-0.2, -0.15) is 0 Å². The molecule has 2 fully saturated rings. The van der Waals surface area contributed by atoms with Crippen LogP contribution in [-0.2, 0) is 4.79 Å². The Morgan fingerprint density at radius 2 is 2.00 bits per heavy atom. The maximum atomic E-state index is 12.4. The Morgan fingerprint density at radius 1 is 1.25 bits per heavy atom. The Labute approximate surface area is 130 Å². The minimum Gasteiger partial charge on any atom is -0.352 e. The lowest BCUT2D eigenvalue weighted by Crippen LogP contribution is -2.40. The third-order valence-electron chi connectivity index (χ3n) is 4.76. The van der Waals surface area contributed by atoms with E-state index in [9.17, 15) is 4.79 Å². The minimum absolute atomic E-state index is 0. The van der Waals surface area contributed by atoms with Gasteiger partial charge in [-0.1, -0.05) is 45.4 Å². The zero-order valence-corrected chi connectivity index (χ0v) is 13.6. The Bertz CT molecular complexity index is 274. The second-order valence-corrected chi connectivity index (χ2v) is 6.42. The average Bonchev–Trinajstić information content (AvgIpc) is 2.92. The summed E-state index contributed by atoms with van der Waals surface area (Å²) >= 11 is 0. The first-order valence-corrected chi connectivity index (χ1v) is 8.30. The molecule has 0 aromatic heterocycles. The van der Waals surface area contributed by atoms with Crippen LogP contribution >= 0.6 is 12.4 Å². The van der Waals surface area contributed by atoms with Gasteiger partial charge in [0.2, 0.25) is 5.91 Å². The lowest BCUT2D eigenvalue weighted by Gasteiger charge is -2.26. The molecular formula is C16H31ClN2O. The van der Waals surface area contributed by atoms with Gasteiger partial charge in [0.15, 0.2) is 0 Å². The summed E-state index contributed by atoms with van der Waals surface area (Å²) < 4.78 is 0. The summed E-state index contributed by atoms with van der Waals surface area (Å²) in [4.78, 5) is 12.4. The number of rotatable bonds is 6. The highest BCUT2D eigenvalue weighted by molar-refractivity contribution is 5.85. The molecule has 2 N–H and O–H groups in total. The molecule has 0 spiro atoms. The van der Waals surface area contributed by atoms with Gasteiger partial charge >= 0.3 is 0 Å². The number of carbonyl (C=O) groups is 1. The molecule has 1 heterocycles. The summed E-state index contributed by atoms with van der Waals surface area (Å²) in [5.74, 6) is 1.38. The molecule has 2 aliphatic rings. The van der Waals surface area contributed by atoms with E-state index in [1.54, 1.807) is 0 Å². The van der Waals surface area contributed by atoms with Crippen LogP contribution in [0, 0.1) is 11.8 Å². The van der Waals surface area contributed by atoms with Crippen molar-refractivity contribution in [2.24, 2.45) is 11.8 Å². The summed E-state index contributed by atoms with van der Waals surface area (Å²) in [6.45, 7) is 4.19. The van der Waals surface area contributed by atoms with Crippen LogP contribution in [0.2, 0.25) is 0 Å².